The van der Waals surface area contributed by atoms with Gasteiger partial charge in [0, 0.05) is 34.1 Å². The summed E-state index contributed by atoms with van der Waals surface area (Å²) in [5, 5.41) is 11.4. The zero-order valence-electron chi connectivity index (χ0n) is 20.0. The molecule has 1 heterocycles. The summed E-state index contributed by atoms with van der Waals surface area (Å²) in [4.78, 5) is 15.4. The second-order valence-electron chi connectivity index (χ2n) is 8.97. The number of hydrogen-bond donors (Lipinski definition) is 1. The Hall–Kier alpha value is -2.37. The lowest BCUT2D eigenvalue weighted by molar-refractivity contribution is -0.137. The van der Waals surface area contributed by atoms with E-state index < -0.39 is 28.5 Å². The molecule has 1 atom stereocenters. The van der Waals surface area contributed by atoms with E-state index in [1.807, 2.05) is 23.6 Å². The number of benzene rings is 2. The zero-order chi connectivity index (χ0) is 26.4. The van der Waals surface area contributed by atoms with E-state index in [1.165, 1.54) is 12.1 Å². The van der Waals surface area contributed by atoms with Crippen LogP contribution in [0.3, 0.4) is 0 Å². The highest BCUT2D eigenvalue weighted by molar-refractivity contribution is 9.10. The molecule has 1 fully saturated rings. The number of carbonyl (C=O) groups is 1. The lowest BCUT2D eigenvalue weighted by Gasteiger charge is -2.15. The molecule has 1 aliphatic carbocycles. The Bertz CT molecular complexity index is 1330. The molecule has 0 bridgehead atoms. The van der Waals surface area contributed by atoms with Gasteiger partial charge in [0.1, 0.15) is 5.75 Å². The van der Waals surface area contributed by atoms with Crippen molar-refractivity contribution in [2.45, 2.75) is 49.2 Å². The summed E-state index contributed by atoms with van der Waals surface area (Å²) in [6, 6.07) is 6.04. The number of phenols is 1. The number of aromatic nitrogens is 1. The van der Waals surface area contributed by atoms with Crippen molar-refractivity contribution in [3.8, 4) is 5.75 Å². The van der Waals surface area contributed by atoms with Gasteiger partial charge in [0.25, 0.3) is 0 Å². The number of hydrogen-bond acceptors (Lipinski definition) is 5. The first-order chi connectivity index (χ1) is 16.9. The van der Waals surface area contributed by atoms with Gasteiger partial charge in [-0.25, -0.2) is 4.79 Å². The molecular weight excluding hydrogens is 561 g/mol. The molecule has 194 valence electrons. The number of phenolic OH excluding ortho intramolecular Hbond substituents is 1. The number of alkyl halides is 3. The summed E-state index contributed by atoms with van der Waals surface area (Å²) in [5.74, 6) is -0.682. The third kappa shape index (κ3) is 5.19. The van der Waals surface area contributed by atoms with Gasteiger partial charge in [-0.1, -0.05) is 0 Å². The average molecular weight is 587 g/mol. The van der Waals surface area contributed by atoms with E-state index in [-0.39, 0.29) is 34.6 Å². The molecule has 1 N–H and O–H groups in total. The first-order valence-corrected chi connectivity index (χ1v) is 13.5. The predicted molar refractivity (Wildman–Crippen MR) is 134 cm³/mol. The van der Waals surface area contributed by atoms with Gasteiger partial charge in [-0.05, 0) is 80.1 Å². The summed E-state index contributed by atoms with van der Waals surface area (Å²) in [6.45, 7) is 2.15. The number of ether oxygens (including phenoxy) is 1. The van der Waals surface area contributed by atoms with Gasteiger partial charge in [0.05, 0.1) is 44.3 Å². The first kappa shape index (κ1) is 26.7. The quantitative estimate of drug-likeness (QED) is 0.327. The largest absolute Gasteiger partial charge is 0.506 e. The second-order valence-corrected chi connectivity index (χ2v) is 11.3. The van der Waals surface area contributed by atoms with Crippen LogP contribution in [0.2, 0.25) is 0 Å². The second kappa shape index (κ2) is 10.2. The molecule has 0 saturated heterocycles. The minimum atomic E-state index is -4.49. The first-order valence-electron chi connectivity index (χ1n) is 11.4. The van der Waals surface area contributed by atoms with Crippen LogP contribution in [0.5, 0.6) is 5.75 Å². The van der Waals surface area contributed by atoms with E-state index in [0.29, 0.717) is 33.2 Å². The average Bonchev–Trinajstić information content (AvgIpc) is 3.59. The fourth-order valence-electron chi connectivity index (χ4n) is 4.34. The topological polar surface area (TPSA) is 71.8 Å². The van der Waals surface area contributed by atoms with Crippen LogP contribution in [-0.2, 0) is 34.0 Å². The minimum absolute atomic E-state index is 0.00473. The molecule has 36 heavy (non-hydrogen) atoms. The zero-order valence-corrected chi connectivity index (χ0v) is 22.4. The molecule has 6 nitrogen and oxygen atoms in total. The summed E-state index contributed by atoms with van der Waals surface area (Å²) in [5.41, 5.74) is 1.14. The molecule has 4 rings (SSSR count). The SMILES string of the molecule is CCOC(=O)c1c(CS(=O)c2ccc(C(F)(F)F)cc2)n(C2CC2)c2cc(Br)c(O)c(CN(C)C)c12. The van der Waals surface area contributed by atoms with Crippen LogP contribution in [0.25, 0.3) is 10.9 Å². The van der Waals surface area contributed by atoms with E-state index in [2.05, 4.69) is 15.9 Å². The molecule has 0 aliphatic heterocycles. The van der Waals surface area contributed by atoms with Crippen LogP contribution >= 0.6 is 15.9 Å². The lowest BCUT2D eigenvalue weighted by Crippen LogP contribution is -2.14. The Morgan fingerprint density at radius 1 is 1.25 bits per heavy atom. The van der Waals surface area contributed by atoms with Crippen molar-refractivity contribution in [1.29, 1.82) is 0 Å². The van der Waals surface area contributed by atoms with Crippen LogP contribution in [0.1, 0.15) is 53.0 Å². The summed E-state index contributed by atoms with van der Waals surface area (Å²) >= 11 is 3.42. The summed E-state index contributed by atoms with van der Waals surface area (Å²) in [7, 11) is 1.95. The van der Waals surface area contributed by atoms with Crippen LogP contribution in [0.15, 0.2) is 39.7 Å². The molecule has 1 aromatic heterocycles. The van der Waals surface area contributed by atoms with Crippen LogP contribution in [0, 0.1) is 0 Å². The van der Waals surface area contributed by atoms with Crippen LogP contribution < -0.4 is 0 Å². The van der Waals surface area contributed by atoms with Gasteiger partial charge in [0.2, 0.25) is 0 Å². The molecule has 1 saturated carbocycles. The molecule has 0 amide bonds. The van der Waals surface area contributed by atoms with Crippen LogP contribution in [-0.4, -0.2) is 45.5 Å². The van der Waals surface area contributed by atoms with E-state index in [4.69, 9.17) is 4.74 Å². The number of rotatable bonds is 8. The molecule has 0 spiro atoms. The Labute approximate surface area is 217 Å². The highest BCUT2D eigenvalue weighted by Gasteiger charge is 2.35. The number of fused-ring (bicyclic) bond motifs is 1. The third-order valence-corrected chi connectivity index (χ3v) is 7.94. The van der Waals surface area contributed by atoms with Crippen LogP contribution in [0.4, 0.5) is 13.2 Å². The normalized spacial score (nSPS) is 15.0. The summed E-state index contributed by atoms with van der Waals surface area (Å²) < 4.78 is 60.2. The monoisotopic (exact) mass is 586 g/mol. The van der Waals surface area contributed by atoms with Gasteiger partial charge in [-0.15, -0.1) is 0 Å². The maximum Gasteiger partial charge on any atom is 0.416 e. The molecule has 1 aliphatic rings. The lowest BCUT2D eigenvalue weighted by atomic mass is 10.0. The standard InChI is InChI=1S/C25H26BrF3N2O4S/c1-4-35-24(33)22-20(13-36(34)16-9-5-14(6-10-16)25(27,28)29)31(15-7-8-15)19-11-18(26)23(32)17(21(19)22)12-30(2)3/h5-6,9-11,15,32H,4,7-8,12-13H2,1-3H3. The van der Waals surface area contributed by atoms with Crippen molar-refractivity contribution < 1.29 is 32.0 Å². The Balaban J connectivity index is 1.91. The van der Waals surface area contributed by atoms with Crippen molar-refractivity contribution >= 4 is 43.6 Å². The van der Waals surface area contributed by atoms with Crippen molar-refractivity contribution in [2.75, 3.05) is 20.7 Å². The third-order valence-electron chi connectivity index (χ3n) is 6.00. The Morgan fingerprint density at radius 2 is 1.89 bits per heavy atom. The molecular formula is C25H26BrF3N2O4S. The fourth-order valence-corrected chi connectivity index (χ4v) is 5.94. The molecule has 0 radical (unpaired) electrons. The number of aromatic hydroxyl groups is 1. The Kier molecular flexibility index (Phi) is 7.55. The van der Waals surface area contributed by atoms with E-state index >= 15 is 0 Å². The summed E-state index contributed by atoms with van der Waals surface area (Å²) in [6.07, 6.45) is -2.76. The van der Waals surface area contributed by atoms with Crippen molar-refractivity contribution in [1.82, 2.24) is 9.47 Å². The molecule has 3 aromatic rings. The van der Waals surface area contributed by atoms with Crippen molar-refractivity contribution in [3.05, 3.63) is 57.2 Å². The molecule has 2 aromatic carbocycles. The highest BCUT2D eigenvalue weighted by Crippen LogP contribution is 2.46. The fraction of sp³-hybridized carbons (Fsp3) is 0.400. The number of halogens is 4. The molecule has 1 unspecified atom stereocenters. The smallest absolute Gasteiger partial charge is 0.416 e. The maximum atomic E-state index is 13.4. The van der Waals surface area contributed by atoms with Crippen molar-refractivity contribution in [3.63, 3.8) is 0 Å². The van der Waals surface area contributed by atoms with Crippen molar-refractivity contribution in [2.24, 2.45) is 0 Å². The van der Waals surface area contributed by atoms with Gasteiger partial charge in [0.15, 0.2) is 0 Å². The van der Waals surface area contributed by atoms with E-state index in [1.54, 1.807) is 13.0 Å². The predicted octanol–water partition coefficient (Wildman–Crippen LogP) is 6.01. The molecule has 11 heteroatoms. The number of carbonyl (C=O) groups excluding carboxylic acids is 1. The highest BCUT2D eigenvalue weighted by atomic mass is 79.9. The Morgan fingerprint density at radius 3 is 2.42 bits per heavy atom. The maximum absolute atomic E-state index is 13.4. The van der Waals surface area contributed by atoms with E-state index in [9.17, 15) is 27.3 Å². The minimum Gasteiger partial charge on any atom is -0.506 e. The van der Waals surface area contributed by atoms with Gasteiger partial charge >= 0.3 is 12.1 Å². The van der Waals surface area contributed by atoms with Gasteiger partial charge in [-0.2, -0.15) is 13.2 Å². The number of esters is 1. The van der Waals surface area contributed by atoms with Gasteiger partial charge < -0.3 is 19.3 Å². The van der Waals surface area contributed by atoms with Gasteiger partial charge in [-0.3, -0.25) is 4.21 Å². The van der Waals surface area contributed by atoms with E-state index in [0.717, 1.165) is 25.0 Å². The number of nitrogens with zero attached hydrogens (tertiary/aromatic N) is 2.